The van der Waals surface area contributed by atoms with Crippen LogP contribution < -0.4 is 4.74 Å². The normalized spacial score (nSPS) is 11.7. The third-order valence-electron chi connectivity index (χ3n) is 5.06. The lowest BCUT2D eigenvalue weighted by atomic mass is 9.87. The Kier molecular flexibility index (Phi) is 5.33. The third-order valence-corrected chi connectivity index (χ3v) is 5.31. The van der Waals surface area contributed by atoms with Crippen molar-refractivity contribution in [3.05, 3.63) is 83.4 Å². The van der Waals surface area contributed by atoms with Gasteiger partial charge in [0.25, 0.3) is 0 Å². The fourth-order valence-corrected chi connectivity index (χ4v) is 3.55. The van der Waals surface area contributed by atoms with Crippen molar-refractivity contribution >= 4 is 22.6 Å². The number of para-hydroxylation sites is 2. The molecule has 0 fully saturated rings. The fourth-order valence-electron chi connectivity index (χ4n) is 3.43. The molecule has 3 nitrogen and oxygen atoms in total. The average Bonchev–Trinajstić information content (AvgIpc) is 3.08. The molecule has 148 valence electrons. The van der Waals surface area contributed by atoms with Crippen LogP contribution in [0.5, 0.6) is 5.75 Å². The zero-order chi connectivity index (χ0) is 20.4. The van der Waals surface area contributed by atoms with Crippen LogP contribution >= 0.6 is 11.6 Å². The lowest BCUT2D eigenvalue weighted by Gasteiger charge is -2.19. The van der Waals surface area contributed by atoms with Crippen molar-refractivity contribution in [2.45, 2.75) is 32.7 Å². The van der Waals surface area contributed by atoms with E-state index >= 15 is 0 Å². The minimum absolute atomic E-state index is 0.130. The first-order valence-corrected chi connectivity index (χ1v) is 10.2. The van der Waals surface area contributed by atoms with Gasteiger partial charge in [-0.15, -0.1) is 0 Å². The molecule has 4 rings (SSSR count). The molecular formula is C25H25ClN2O. The van der Waals surface area contributed by atoms with E-state index in [-0.39, 0.29) is 5.41 Å². The van der Waals surface area contributed by atoms with Crippen LogP contribution in [0, 0.1) is 0 Å². The van der Waals surface area contributed by atoms with Crippen molar-refractivity contribution in [1.82, 2.24) is 9.55 Å². The van der Waals surface area contributed by atoms with Gasteiger partial charge in [-0.2, -0.15) is 0 Å². The minimum Gasteiger partial charge on any atom is -0.492 e. The maximum atomic E-state index is 5.95. The van der Waals surface area contributed by atoms with Crippen molar-refractivity contribution in [3.63, 3.8) is 0 Å². The highest BCUT2D eigenvalue weighted by Gasteiger charge is 2.16. The van der Waals surface area contributed by atoms with Crippen LogP contribution in [0.25, 0.3) is 22.4 Å². The van der Waals surface area contributed by atoms with E-state index in [0.29, 0.717) is 18.2 Å². The van der Waals surface area contributed by atoms with Crippen molar-refractivity contribution in [2.75, 3.05) is 6.61 Å². The van der Waals surface area contributed by atoms with Crippen molar-refractivity contribution < 1.29 is 4.74 Å². The van der Waals surface area contributed by atoms with Gasteiger partial charge < -0.3 is 9.30 Å². The Bertz CT molecular complexity index is 1110. The van der Waals surface area contributed by atoms with Gasteiger partial charge >= 0.3 is 0 Å². The summed E-state index contributed by atoms with van der Waals surface area (Å²) < 4.78 is 8.16. The number of benzene rings is 3. The van der Waals surface area contributed by atoms with Gasteiger partial charge in [-0.3, -0.25) is 0 Å². The number of hydrogen-bond donors (Lipinski definition) is 0. The average molecular weight is 405 g/mol. The maximum absolute atomic E-state index is 5.95. The van der Waals surface area contributed by atoms with Gasteiger partial charge in [0, 0.05) is 10.6 Å². The summed E-state index contributed by atoms with van der Waals surface area (Å²) in [5.74, 6) is 1.78. The lowest BCUT2D eigenvalue weighted by Crippen LogP contribution is -2.11. The van der Waals surface area contributed by atoms with Gasteiger partial charge in [0.15, 0.2) is 0 Å². The number of hydrogen-bond acceptors (Lipinski definition) is 2. The zero-order valence-corrected chi connectivity index (χ0v) is 17.8. The first kappa shape index (κ1) is 19.5. The number of rotatable bonds is 5. The van der Waals surface area contributed by atoms with E-state index in [1.54, 1.807) is 0 Å². The van der Waals surface area contributed by atoms with Crippen molar-refractivity contribution in [2.24, 2.45) is 0 Å². The van der Waals surface area contributed by atoms with E-state index in [4.69, 9.17) is 21.3 Å². The summed E-state index contributed by atoms with van der Waals surface area (Å²) in [5, 5.41) is 0.707. The smallest absolute Gasteiger partial charge is 0.141 e. The van der Waals surface area contributed by atoms with E-state index in [0.717, 1.165) is 28.2 Å². The highest BCUT2D eigenvalue weighted by atomic mass is 35.5. The van der Waals surface area contributed by atoms with Gasteiger partial charge in [-0.25, -0.2) is 4.98 Å². The molecule has 0 atom stereocenters. The van der Waals surface area contributed by atoms with E-state index < -0.39 is 0 Å². The van der Waals surface area contributed by atoms with Gasteiger partial charge in [-0.05, 0) is 47.4 Å². The van der Waals surface area contributed by atoms with Gasteiger partial charge in [-0.1, -0.05) is 68.8 Å². The molecule has 0 unspecified atom stereocenters. The highest BCUT2D eigenvalue weighted by molar-refractivity contribution is 6.30. The second-order valence-corrected chi connectivity index (χ2v) is 8.64. The molecule has 0 amide bonds. The summed E-state index contributed by atoms with van der Waals surface area (Å²) in [6.45, 7) is 7.94. The Morgan fingerprint density at radius 3 is 2.28 bits per heavy atom. The Hall–Kier alpha value is -2.78. The molecule has 0 spiro atoms. The molecule has 0 N–H and O–H groups in total. The van der Waals surface area contributed by atoms with Crippen LogP contribution in [0.4, 0.5) is 0 Å². The summed E-state index contributed by atoms with van der Waals surface area (Å²) in [5.41, 5.74) is 4.66. The quantitative estimate of drug-likeness (QED) is 0.368. The predicted molar refractivity (Wildman–Crippen MR) is 121 cm³/mol. The van der Waals surface area contributed by atoms with Crippen molar-refractivity contribution in [1.29, 1.82) is 0 Å². The van der Waals surface area contributed by atoms with Gasteiger partial charge in [0.1, 0.15) is 18.2 Å². The summed E-state index contributed by atoms with van der Waals surface area (Å²) in [4.78, 5) is 4.90. The molecule has 0 radical (unpaired) electrons. The van der Waals surface area contributed by atoms with Gasteiger partial charge in [0.2, 0.25) is 0 Å². The first-order valence-electron chi connectivity index (χ1n) is 9.86. The predicted octanol–water partition coefficient (Wildman–Crippen LogP) is 6.73. The molecule has 0 aliphatic heterocycles. The monoisotopic (exact) mass is 404 g/mol. The molecule has 29 heavy (non-hydrogen) atoms. The summed E-state index contributed by atoms with van der Waals surface area (Å²) >= 11 is 5.95. The molecule has 1 aromatic heterocycles. The number of nitrogens with zero attached hydrogens (tertiary/aromatic N) is 2. The zero-order valence-electron chi connectivity index (χ0n) is 17.0. The molecule has 0 saturated carbocycles. The largest absolute Gasteiger partial charge is 0.492 e. The number of ether oxygens (including phenoxy) is 1. The Balaban J connectivity index is 1.63. The molecule has 4 heteroatoms. The lowest BCUT2D eigenvalue weighted by molar-refractivity contribution is 0.301. The molecule has 0 aliphatic rings. The molecular weight excluding hydrogens is 380 g/mol. The maximum Gasteiger partial charge on any atom is 0.141 e. The van der Waals surface area contributed by atoms with E-state index in [1.165, 1.54) is 5.56 Å². The number of aromatic nitrogens is 2. The molecule has 0 saturated heterocycles. The molecule has 0 aliphatic carbocycles. The molecule has 3 aromatic carbocycles. The fraction of sp³-hybridized carbons (Fsp3) is 0.240. The van der Waals surface area contributed by atoms with Crippen molar-refractivity contribution in [3.8, 4) is 17.1 Å². The molecule has 0 bridgehead atoms. The molecule has 1 heterocycles. The number of halogens is 1. The van der Waals surface area contributed by atoms with Crippen LogP contribution in [-0.4, -0.2) is 16.2 Å². The van der Waals surface area contributed by atoms with Gasteiger partial charge in [0.05, 0.1) is 17.6 Å². The minimum atomic E-state index is 0.130. The Labute approximate surface area is 176 Å². The highest BCUT2D eigenvalue weighted by Crippen LogP contribution is 2.28. The SMILES string of the molecule is CC(C)(C)c1ccc(-c2nc3ccccc3n2CCOc2ccc(Cl)cc2)cc1. The first-order chi connectivity index (χ1) is 13.9. The number of fused-ring (bicyclic) bond motifs is 1. The second-order valence-electron chi connectivity index (χ2n) is 8.21. The van der Waals surface area contributed by atoms with Crippen LogP contribution in [0.3, 0.4) is 0 Å². The Morgan fingerprint density at radius 1 is 0.897 bits per heavy atom. The topological polar surface area (TPSA) is 27.1 Å². The summed E-state index contributed by atoms with van der Waals surface area (Å²) in [6, 6.07) is 24.4. The van der Waals surface area contributed by atoms with E-state index in [9.17, 15) is 0 Å². The number of imidazole rings is 1. The van der Waals surface area contributed by atoms with E-state index in [2.05, 4.69) is 61.7 Å². The van der Waals surface area contributed by atoms with E-state index in [1.807, 2.05) is 36.4 Å². The van der Waals surface area contributed by atoms with Crippen LogP contribution in [0.2, 0.25) is 5.02 Å². The van der Waals surface area contributed by atoms with Crippen LogP contribution in [0.15, 0.2) is 72.8 Å². The van der Waals surface area contributed by atoms with Crippen LogP contribution in [0.1, 0.15) is 26.3 Å². The van der Waals surface area contributed by atoms with Crippen LogP contribution in [-0.2, 0) is 12.0 Å². The third kappa shape index (κ3) is 4.30. The summed E-state index contributed by atoms with van der Waals surface area (Å²) in [7, 11) is 0. The standard InChI is InChI=1S/C25H25ClN2O/c1-25(2,3)19-10-8-18(9-11-19)24-27-22-6-4-5-7-23(22)28(24)16-17-29-21-14-12-20(26)13-15-21/h4-15H,16-17H2,1-3H3. The second kappa shape index (κ2) is 7.92. The Morgan fingerprint density at radius 2 is 1.59 bits per heavy atom. The molecule has 4 aromatic rings. The summed E-state index contributed by atoms with van der Waals surface area (Å²) in [6.07, 6.45) is 0.